The minimum atomic E-state index is 0.231. The van der Waals surface area contributed by atoms with Crippen molar-refractivity contribution in [3.8, 4) is 0 Å². The Morgan fingerprint density at radius 2 is 1.45 bits per heavy atom. The molecule has 0 saturated carbocycles. The standard InChI is InChI=1S/C26H32N2O/c29-26(28-15-11-22(12-16-28)21-9-13-27-14-10-21)24-8-7-20-6-5-19-3-1-2-4-23(19)17-25(20)18-24/h1-4,7-8,18,21-22,27H,5-6,9-17H2. The van der Waals surface area contributed by atoms with E-state index in [0.29, 0.717) is 0 Å². The smallest absolute Gasteiger partial charge is 0.253 e. The predicted octanol–water partition coefficient (Wildman–Crippen LogP) is 4.23. The summed E-state index contributed by atoms with van der Waals surface area (Å²) in [6, 6.07) is 15.2. The van der Waals surface area contributed by atoms with Gasteiger partial charge < -0.3 is 10.2 Å². The number of aryl methyl sites for hydroxylation is 2. The SMILES string of the molecule is O=C(c1ccc2c(c1)Cc1ccccc1CC2)N1CCC(C2CCNCC2)CC1. The van der Waals surface area contributed by atoms with Gasteiger partial charge in [0.05, 0.1) is 0 Å². The molecule has 1 amide bonds. The van der Waals surface area contributed by atoms with Crippen molar-refractivity contribution in [2.45, 2.75) is 44.9 Å². The highest BCUT2D eigenvalue weighted by molar-refractivity contribution is 5.94. The van der Waals surface area contributed by atoms with E-state index in [0.717, 1.165) is 49.8 Å². The van der Waals surface area contributed by atoms with Gasteiger partial charge in [0.2, 0.25) is 0 Å². The summed E-state index contributed by atoms with van der Waals surface area (Å²) in [4.78, 5) is 15.3. The zero-order valence-corrected chi connectivity index (χ0v) is 17.3. The van der Waals surface area contributed by atoms with Crippen LogP contribution in [0.5, 0.6) is 0 Å². The number of nitrogens with zero attached hydrogens (tertiary/aromatic N) is 1. The molecule has 1 aliphatic carbocycles. The summed E-state index contributed by atoms with van der Waals surface area (Å²) >= 11 is 0. The quantitative estimate of drug-likeness (QED) is 0.835. The molecule has 3 aliphatic rings. The van der Waals surface area contributed by atoms with Crippen LogP contribution in [0, 0.1) is 11.8 Å². The van der Waals surface area contributed by atoms with Crippen molar-refractivity contribution in [2.75, 3.05) is 26.2 Å². The zero-order valence-electron chi connectivity index (χ0n) is 17.3. The topological polar surface area (TPSA) is 32.3 Å². The van der Waals surface area contributed by atoms with Gasteiger partial charge in [-0.1, -0.05) is 30.3 Å². The number of rotatable bonds is 2. The predicted molar refractivity (Wildman–Crippen MR) is 117 cm³/mol. The van der Waals surface area contributed by atoms with E-state index in [1.54, 1.807) is 0 Å². The van der Waals surface area contributed by atoms with Crippen LogP contribution in [-0.4, -0.2) is 37.0 Å². The van der Waals surface area contributed by atoms with Crippen molar-refractivity contribution in [3.05, 3.63) is 70.3 Å². The van der Waals surface area contributed by atoms with Gasteiger partial charge >= 0.3 is 0 Å². The monoisotopic (exact) mass is 388 g/mol. The molecule has 5 rings (SSSR count). The third-order valence-corrected chi connectivity index (χ3v) is 7.49. The lowest BCUT2D eigenvalue weighted by Gasteiger charge is -2.37. The van der Waals surface area contributed by atoms with Crippen LogP contribution < -0.4 is 5.32 Å². The highest BCUT2D eigenvalue weighted by atomic mass is 16.2. The first-order valence-corrected chi connectivity index (χ1v) is 11.5. The van der Waals surface area contributed by atoms with Gasteiger partial charge in [0.25, 0.3) is 5.91 Å². The second-order valence-corrected chi connectivity index (χ2v) is 9.15. The van der Waals surface area contributed by atoms with Gasteiger partial charge in [0.1, 0.15) is 0 Å². The number of amides is 1. The van der Waals surface area contributed by atoms with Gasteiger partial charge in [-0.25, -0.2) is 0 Å². The molecule has 0 spiro atoms. The molecule has 29 heavy (non-hydrogen) atoms. The fourth-order valence-electron chi connectivity index (χ4n) is 5.69. The van der Waals surface area contributed by atoms with Crippen LogP contribution >= 0.6 is 0 Å². The van der Waals surface area contributed by atoms with Crippen molar-refractivity contribution in [2.24, 2.45) is 11.8 Å². The molecule has 152 valence electrons. The molecule has 2 aromatic rings. The van der Waals surface area contributed by atoms with Crippen LogP contribution in [0.15, 0.2) is 42.5 Å². The van der Waals surface area contributed by atoms with E-state index in [2.05, 4.69) is 52.7 Å². The van der Waals surface area contributed by atoms with E-state index in [1.807, 2.05) is 0 Å². The average molecular weight is 389 g/mol. The lowest BCUT2D eigenvalue weighted by atomic mass is 9.79. The first-order valence-electron chi connectivity index (χ1n) is 11.5. The van der Waals surface area contributed by atoms with Crippen LogP contribution in [0.2, 0.25) is 0 Å². The maximum atomic E-state index is 13.2. The van der Waals surface area contributed by atoms with Crippen LogP contribution in [0.25, 0.3) is 0 Å². The van der Waals surface area contributed by atoms with Crippen molar-refractivity contribution in [1.29, 1.82) is 0 Å². The van der Waals surface area contributed by atoms with E-state index in [-0.39, 0.29) is 5.91 Å². The van der Waals surface area contributed by atoms with Gasteiger partial charge in [-0.2, -0.15) is 0 Å². The molecule has 0 bridgehead atoms. The summed E-state index contributed by atoms with van der Waals surface area (Å²) in [6.45, 7) is 4.19. The molecule has 2 fully saturated rings. The number of likely N-dealkylation sites (tertiary alicyclic amines) is 1. The van der Waals surface area contributed by atoms with E-state index < -0.39 is 0 Å². The first-order chi connectivity index (χ1) is 14.3. The molecular weight excluding hydrogens is 356 g/mol. The largest absolute Gasteiger partial charge is 0.339 e. The van der Waals surface area contributed by atoms with Crippen molar-refractivity contribution in [1.82, 2.24) is 10.2 Å². The van der Waals surface area contributed by atoms with Crippen LogP contribution in [0.1, 0.15) is 58.3 Å². The maximum Gasteiger partial charge on any atom is 0.253 e. The minimum absolute atomic E-state index is 0.231. The Labute approximate surface area is 174 Å². The van der Waals surface area contributed by atoms with Crippen molar-refractivity contribution in [3.63, 3.8) is 0 Å². The average Bonchev–Trinajstić information content (AvgIpc) is 2.98. The van der Waals surface area contributed by atoms with Crippen molar-refractivity contribution >= 4 is 5.91 Å². The molecule has 2 aliphatic heterocycles. The molecule has 1 N–H and O–H groups in total. The van der Waals surface area contributed by atoms with Gasteiger partial charge in [-0.3, -0.25) is 4.79 Å². The molecule has 0 aromatic heterocycles. The van der Waals surface area contributed by atoms with Gasteiger partial charge in [-0.05, 0) is 104 Å². The molecule has 2 saturated heterocycles. The van der Waals surface area contributed by atoms with Gasteiger partial charge in [0.15, 0.2) is 0 Å². The number of piperidine rings is 2. The number of carbonyl (C=O) groups excluding carboxylic acids is 1. The third kappa shape index (κ3) is 3.98. The molecule has 0 radical (unpaired) electrons. The maximum absolute atomic E-state index is 13.2. The van der Waals surface area contributed by atoms with E-state index in [9.17, 15) is 4.79 Å². The van der Waals surface area contributed by atoms with Gasteiger partial charge in [0, 0.05) is 18.7 Å². The highest BCUT2D eigenvalue weighted by Gasteiger charge is 2.29. The number of fused-ring (bicyclic) bond motifs is 2. The van der Waals surface area contributed by atoms with Gasteiger partial charge in [-0.15, -0.1) is 0 Å². The number of hydrogen-bond acceptors (Lipinski definition) is 2. The Bertz CT molecular complexity index is 876. The Morgan fingerprint density at radius 3 is 2.21 bits per heavy atom. The Hall–Kier alpha value is -2.13. The summed E-state index contributed by atoms with van der Waals surface area (Å²) in [6.07, 6.45) is 8.09. The number of carbonyl (C=O) groups is 1. The Balaban J connectivity index is 1.27. The number of hydrogen-bond donors (Lipinski definition) is 1. The molecule has 0 atom stereocenters. The molecular formula is C26H32N2O. The zero-order chi connectivity index (χ0) is 19.6. The highest BCUT2D eigenvalue weighted by Crippen LogP contribution is 2.32. The fourth-order valence-corrected chi connectivity index (χ4v) is 5.69. The normalized spacial score (nSPS) is 20.6. The Morgan fingerprint density at radius 1 is 0.793 bits per heavy atom. The first kappa shape index (κ1) is 18.9. The lowest BCUT2D eigenvalue weighted by molar-refractivity contribution is 0.0642. The molecule has 2 heterocycles. The van der Waals surface area contributed by atoms with Crippen LogP contribution in [0.4, 0.5) is 0 Å². The Kier molecular flexibility index (Phi) is 5.41. The molecule has 3 nitrogen and oxygen atoms in total. The van der Waals surface area contributed by atoms with E-state index >= 15 is 0 Å². The summed E-state index contributed by atoms with van der Waals surface area (Å²) in [5, 5.41) is 3.47. The van der Waals surface area contributed by atoms with Crippen LogP contribution in [-0.2, 0) is 19.3 Å². The third-order valence-electron chi connectivity index (χ3n) is 7.49. The summed E-state index contributed by atoms with van der Waals surface area (Å²) in [5.41, 5.74) is 6.49. The molecule has 0 unspecified atom stereocenters. The second kappa shape index (κ2) is 8.31. The van der Waals surface area contributed by atoms with E-state index in [4.69, 9.17) is 0 Å². The molecule has 3 heteroatoms. The number of benzene rings is 2. The summed E-state index contributed by atoms with van der Waals surface area (Å²) in [7, 11) is 0. The minimum Gasteiger partial charge on any atom is -0.339 e. The fraction of sp³-hybridized carbons (Fsp3) is 0.500. The second-order valence-electron chi connectivity index (χ2n) is 9.15. The summed E-state index contributed by atoms with van der Waals surface area (Å²) in [5.74, 6) is 1.90. The molecule has 2 aromatic carbocycles. The lowest BCUT2D eigenvalue weighted by Crippen LogP contribution is -2.42. The van der Waals surface area contributed by atoms with E-state index in [1.165, 1.54) is 61.0 Å². The number of nitrogens with one attached hydrogen (secondary N) is 1. The van der Waals surface area contributed by atoms with Crippen molar-refractivity contribution < 1.29 is 4.79 Å². The summed E-state index contributed by atoms with van der Waals surface area (Å²) < 4.78 is 0. The van der Waals surface area contributed by atoms with Crippen LogP contribution in [0.3, 0.4) is 0 Å².